The third-order valence-electron chi connectivity index (χ3n) is 5.54. The van der Waals surface area contributed by atoms with Crippen LogP contribution in [0, 0.1) is 0 Å². The molecule has 2 unspecified atom stereocenters. The van der Waals surface area contributed by atoms with Gasteiger partial charge in [-0.1, -0.05) is 42.5 Å². The summed E-state index contributed by atoms with van der Waals surface area (Å²) in [5, 5.41) is 3.04. The van der Waals surface area contributed by atoms with Gasteiger partial charge in [0.05, 0.1) is 19.1 Å². The molecule has 2 atom stereocenters. The lowest BCUT2D eigenvalue weighted by Gasteiger charge is -2.28. The third kappa shape index (κ3) is 6.38. The highest BCUT2D eigenvalue weighted by atomic mass is 32.2. The second-order valence-corrected chi connectivity index (χ2v) is 8.74. The highest BCUT2D eigenvalue weighted by Crippen LogP contribution is 2.33. The molecular weight excluding hydrogens is 414 g/mol. The number of hydrogen-bond donors (Lipinski definition) is 1. The van der Waals surface area contributed by atoms with Crippen LogP contribution in [-0.4, -0.2) is 38.9 Å². The van der Waals surface area contributed by atoms with Crippen molar-refractivity contribution in [2.75, 3.05) is 13.7 Å². The van der Waals surface area contributed by atoms with E-state index in [0.29, 0.717) is 24.6 Å². The summed E-state index contributed by atoms with van der Waals surface area (Å²) in [6.07, 6.45) is 0.618. The van der Waals surface area contributed by atoms with E-state index in [1.165, 1.54) is 0 Å². The minimum absolute atomic E-state index is 0.0397. The second-order valence-electron chi connectivity index (χ2n) is 8.09. The largest absolute Gasteiger partial charge is 0.493 e. The maximum atomic E-state index is 12.8. The van der Waals surface area contributed by atoms with Crippen LogP contribution in [0.15, 0.2) is 52.9 Å². The predicted octanol–water partition coefficient (Wildman–Crippen LogP) is 3.66. The summed E-state index contributed by atoms with van der Waals surface area (Å²) in [5.74, 6) is 0.542. The molecule has 0 saturated carbocycles. The molecule has 2 aromatic carbocycles. The molecule has 1 aliphatic rings. The fourth-order valence-corrected chi connectivity index (χ4v) is 3.98. The number of nitrogens with one attached hydrogen (secondary N) is 1. The number of benzene rings is 2. The van der Waals surface area contributed by atoms with E-state index in [1.807, 2.05) is 18.2 Å². The number of carbonyl (C=O) groups is 1. The number of ether oxygens (including phenoxy) is 1. The summed E-state index contributed by atoms with van der Waals surface area (Å²) in [7, 11) is -0.515. The van der Waals surface area contributed by atoms with Crippen molar-refractivity contribution in [3.05, 3.63) is 65.2 Å². The first-order chi connectivity index (χ1) is 14.8. The lowest BCUT2D eigenvalue weighted by atomic mass is 9.97. The highest BCUT2D eigenvalue weighted by Gasteiger charge is 2.25. The van der Waals surface area contributed by atoms with Crippen LogP contribution in [0.2, 0.25) is 0 Å². The number of nitrogens with zero attached hydrogens (tertiary/aromatic N) is 2. The summed E-state index contributed by atoms with van der Waals surface area (Å²) < 4.78 is 31.9. The molecule has 166 valence electrons. The van der Waals surface area contributed by atoms with Gasteiger partial charge in [-0.2, -0.15) is 12.8 Å². The molecule has 0 fully saturated rings. The molecule has 0 saturated heterocycles. The molecule has 7 nitrogen and oxygen atoms in total. The van der Waals surface area contributed by atoms with Crippen molar-refractivity contribution in [1.82, 2.24) is 10.2 Å². The molecule has 3 rings (SSSR count). The van der Waals surface area contributed by atoms with E-state index in [0.717, 1.165) is 23.4 Å². The van der Waals surface area contributed by atoms with E-state index >= 15 is 0 Å². The van der Waals surface area contributed by atoms with Crippen LogP contribution in [0.4, 0.5) is 0 Å². The highest BCUT2D eigenvalue weighted by molar-refractivity contribution is 7.61. The first-order valence-corrected chi connectivity index (χ1v) is 11.5. The molecule has 2 aromatic rings. The van der Waals surface area contributed by atoms with Crippen LogP contribution in [0.5, 0.6) is 5.75 Å². The third-order valence-corrected chi connectivity index (χ3v) is 5.97. The number of carbonyl (C=O) groups excluding carboxylic acids is 1. The van der Waals surface area contributed by atoms with Crippen molar-refractivity contribution in [2.24, 2.45) is 4.36 Å². The molecule has 0 aromatic heterocycles. The van der Waals surface area contributed by atoms with Gasteiger partial charge in [0.2, 0.25) is 5.91 Å². The minimum Gasteiger partial charge on any atom is -0.493 e. The number of hydrogen-bond acceptors (Lipinski definition) is 6. The maximum Gasteiger partial charge on any atom is 0.311 e. The molecule has 1 amide bonds. The van der Waals surface area contributed by atoms with Crippen molar-refractivity contribution in [3.8, 4) is 5.75 Å². The van der Waals surface area contributed by atoms with E-state index in [-0.39, 0.29) is 18.4 Å². The first kappa shape index (κ1) is 23.0. The average Bonchev–Trinajstić information content (AvgIpc) is 2.73. The molecule has 1 N–H and O–H groups in total. The van der Waals surface area contributed by atoms with Gasteiger partial charge in [0.15, 0.2) is 0 Å². The Labute approximate surface area is 185 Å². The Morgan fingerprint density at radius 2 is 1.97 bits per heavy atom. The monoisotopic (exact) mass is 443 g/mol. The van der Waals surface area contributed by atoms with E-state index in [1.54, 1.807) is 24.3 Å². The first-order valence-electron chi connectivity index (χ1n) is 10.4. The molecule has 1 heterocycles. The summed E-state index contributed by atoms with van der Waals surface area (Å²) in [5.41, 5.74) is 2.78. The van der Waals surface area contributed by atoms with Crippen LogP contribution in [-0.2, 0) is 21.8 Å². The fourth-order valence-electron chi connectivity index (χ4n) is 3.58. The number of rotatable bonds is 8. The Bertz CT molecular complexity index is 1030. The van der Waals surface area contributed by atoms with Crippen molar-refractivity contribution < 1.29 is 17.9 Å². The molecule has 31 heavy (non-hydrogen) atoms. The Hall–Kier alpha value is -2.71. The molecule has 0 aliphatic carbocycles. The molecule has 0 spiro atoms. The van der Waals surface area contributed by atoms with E-state index in [9.17, 15) is 13.2 Å². The second kappa shape index (κ2) is 10.5. The van der Waals surface area contributed by atoms with Gasteiger partial charge in [-0.25, -0.2) is 0 Å². The van der Waals surface area contributed by atoms with Gasteiger partial charge in [0.25, 0.3) is 0 Å². The Morgan fingerprint density at radius 1 is 1.23 bits per heavy atom. The average molecular weight is 444 g/mol. The smallest absolute Gasteiger partial charge is 0.311 e. The quantitative estimate of drug-likeness (QED) is 0.673. The summed E-state index contributed by atoms with van der Waals surface area (Å²) in [6, 6.07) is 14.6. The van der Waals surface area contributed by atoms with Gasteiger partial charge >= 0.3 is 10.5 Å². The van der Waals surface area contributed by atoms with E-state index < -0.39 is 16.5 Å². The van der Waals surface area contributed by atoms with Crippen LogP contribution >= 0.6 is 0 Å². The van der Waals surface area contributed by atoms with Gasteiger partial charge in [0.1, 0.15) is 11.8 Å². The zero-order valence-corrected chi connectivity index (χ0v) is 18.9. The van der Waals surface area contributed by atoms with Crippen LogP contribution in [0.25, 0.3) is 0 Å². The van der Waals surface area contributed by atoms with Crippen LogP contribution in [0.3, 0.4) is 0 Å². The fraction of sp³-hybridized carbons (Fsp3) is 0.435. The Kier molecular flexibility index (Phi) is 7.81. The van der Waals surface area contributed by atoms with E-state index in [4.69, 9.17) is 4.74 Å². The van der Waals surface area contributed by atoms with Gasteiger partial charge in [-0.15, -0.1) is 0 Å². The standard InChI is InChI=1S/C23H29N3O4S/c1-16(2)26(3)15-17-9-10-19-20(11-12-30-22(19)13-17)24-23(27)14-21(25-31(28)29)18-7-5-4-6-8-18/h4-10,13,16,20-21H,11-12,14-15H2,1-3H3,(H,24,27). The van der Waals surface area contributed by atoms with E-state index in [2.05, 4.69) is 41.5 Å². The summed E-state index contributed by atoms with van der Waals surface area (Å²) in [6.45, 7) is 5.63. The molecule has 1 aliphatic heterocycles. The molecule has 0 bridgehead atoms. The van der Waals surface area contributed by atoms with Crippen molar-refractivity contribution in [3.63, 3.8) is 0 Å². The number of fused-ring (bicyclic) bond motifs is 1. The zero-order chi connectivity index (χ0) is 22.4. The van der Waals surface area contributed by atoms with Gasteiger partial charge in [-0.3, -0.25) is 9.69 Å². The summed E-state index contributed by atoms with van der Waals surface area (Å²) >= 11 is 0. The molecule has 8 heteroatoms. The van der Waals surface area contributed by atoms with Crippen LogP contribution < -0.4 is 10.1 Å². The molecular formula is C23H29N3O4S. The Balaban J connectivity index is 1.72. The van der Waals surface area contributed by atoms with Crippen molar-refractivity contribution in [1.29, 1.82) is 0 Å². The predicted molar refractivity (Wildman–Crippen MR) is 119 cm³/mol. The SMILES string of the molecule is CC(C)N(C)Cc1ccc2c(c1)OCCC2NC(=O)CC(N=S(=O)=O)c1ccccc1. The lowest BCUT2D eigenvalue weighted by Crippen LogP contribution is -2.33. The van der Waals surface area contributed by atoms with Crippen molar-refractivity contribution in [2.45, 2.75) is 51.4 Å². The lowest BCUT2D eigenvalue weighted by molar-refractivity contribution is -0.122. The van der Waals surface area contributed by atoms with Crippen LogP contribution in [0.1, 0.15) is 55.5 Å². The van der Waals surface area contributed by atoms with Gasteiger partial charge < -0.3 is 10.1 Å². The van der Waals surface area contributed by atoms with Gasteiger partial charge in [-0.05, 0) is 38.1 Å². The van der Waals surface area contributed by atoms with Gasteiger partial charge in [0, 0.05) is 24.6 Å². The molecule has 0 radical (unpaired) electrons. The van der Waals surface area contributed by atoms with Crippen molar-refractivity contribution >= 4 is 16.4 Å². The number of amides is 1. The zero-order valence-electron chi connectivity index (χ0n) is 18.1. The Morgan fingerprint density at radius 3 is 2.65 bits per heavy atom. The summed E-state index contributed by atoms with van der Waals surface area (Å²) in [4.78, 5) is 15.0. The minimum atomic E-state index is -2.60. The topological polar surface area (TPSA) is 88.1 Å². The maximum absolute atomic E-state index is 12.8. The normalized spacial score (nSPS) is 16.4.